The van der Waals surface area contributed by atoms with E-state index in [-0.39, 0.29) is 18.0 Å². The number of hydrogen-bond acceptors (Lipinski definition) is 2. The second kappa shape index (κ2) is 13.6. The summed E-state index contributed by atoms with van der Waals surface area (Å²) in [4.78, 5) is 12.5. The highest BCUT2D eigenvalue weighted by atomic mass is 16.5. The highest BCUT2D eigenvalue weighted by Crippen LogP contribution is 2.27. The molecule has 1 atom stereocenters. The molecule has 1 unspecified atom stereocenters. The van der Waals surface area contributed by atoms with Gasteiger partial charge in [-0.05, 0) is 86.1 Å². The van der Waals surface area contributed by atoms with Crippen LogP contribution in [-0.2, 0) is 9.53 Å². The van der Waals surface area contributed by atoms with Gasteiger partial charge in [-0.3, -0.25) is 4.79 Å². The molecule has 0 spiro atoms. The quantitative estimate of drug-likeness (QED) is 0.267. The molecule has 158 valence electrons. The first kappa shape index (κ1) is 24.5. The van der Waals surface area contributed by atoms with E-state index in [0.717, 1.165) is 57.8 Å². The SMILES string of the molecule is CC(C)=CCC/C(C)=C/CC(/C=C(\C)CCC=C(C)C)OC(=O)C1CCCC1. The van der Waals surface area contributed by atoms with Gasteiger partial charge in [0.15, 0.2) is 0 Å². The summed E-state index contributed by atoms with van der Waals surface area (Å²) in [6.45, 7) is 12.9. The van der Waals surface area contributed by atoms with Gasteiger partial charge in [-0.1, -0.05) is 53.4 Å². The fraction of sp³-hybridized carbons (Fsp3) is 0.654. The minimum Gasteiger partial charge on any atom is -0.458 e. The first-order valence-corrected chi connectivity index (χ1v) is 11.1. The van der Waals surface area contributed by atoms with Crippen molar-refractivity contribution in [2.24, 2.45) is 5.92 Å². The number of carbonyl (C=O) groups is 1. The van der Waals surface area contributed by atoms with Crippen molar-refractivity contribution >= 4 is 5.97 Å². The largest absolute Gasteiger partial charge is 0.458 e. The number of rotatable bonds is 11. The molecule has 2 nitrogen and oxygen atoms in total. The molecule has 0 heterocycles. The van der Waals surface area contributed by atoms with Gasteiger partial charge in [0.05, 0.1) is 5.92 Å². The van der Waals surface area contributed by atoms with Gasteiger partial charge in [0, 0.05) is 6.42 Å². The molecule has 0 aromatic carbocycles. The van der Waals surface area contributed by atoms with Crippen molar-refractivity contribution in [1.82, 2.24) is 0 Å². The zero-order valence-corrected chi connectivity index (χ0v) is 19.1. The number of hydrogen-bond donors (Lipinski definition) is 0. The Hall–Kier alpha value is -1.57. The Morgan fingerprint density at radius 2 is 1.39 bits per heavy atom. The highest BCUT2D eigenvalue weighted by Gasteiger charge is 2.25. The van der Waals surface area contributed by atoms with E-state index in [9.17, 15) is 4.79 Å². The van der Waals surface area contributed by atoms with E-state index in [4.69, 9.17) is 4.74 Å². The summed E-state index contributed by atoms with van der Waals surface area (Å²) in [6.07, 6.45) is 18.1. The van der Waals surface area contributed by atoms with E-state index in [2.05, 4.69) is 65.8 Å². The fourth-order valence-corrected chi connectivity index (χ4v) is 3.55. The zero-order valence-electron chi connectivity index (χ0n) is 19.1. The molecule has 0 amide bonds. The van der Waals surface area contributed by atoms with Crippen molar-refractivity contribution in [2.45, 2.75) is 105 Å². The molecular formula is C26H42O2. The monoisotopic (exact) mass is 386 g/mol. The summed E-state index contributed by atoms with van der Waals surface area (Å²) in [5.74, 6) is 0.121. The Kier molecular flexibility index (Phi) is 11.9. The number of allylic oxidation sites excluding steroid dienone is 6. The van der Waals surface area contributed by atoms with Gasteiger partial charge in [0.25, 0.3) is 0 Å². The third-order valence-electron chi connectivity index (χ3n) is 5.31. The maximum atomic E-state index is 12.5. The average Bonchev–Trinajstić information content (AvgIpc) is 3.13. The first-order chi connectivity index (χ1) is 13.3. The Bertz CT molecular complexity index is 590. The van der Waals surface area contributed by atoms with Crippen LogP contribution in [0.25, 0.3) is 0 Å². The van der Waals surface area contributed by atoms with Gasteiger partial charge in [-0.25, -0.2) is 0 Å². The molecule has 0 aromatic heterocycles. The fourth-order valence-electron chi connectivity index (χ4n) is 3.55. The Morgan fingerprint density at radius 1 is 0.857 bits per heavy atom. The summed E-state index contributed by atoms with van der Waals surface area (Å²) < 4.78 is 5.94. The maximum absolute atomic E-state index is 12.5. The van der Waals surface area contributed by atoms with Crippen LogP contribution in [0.3, 0.4) is 0 Å². The van der Waals surface area contributed by atoms with Crippen LogP contribution >= 0.6 is 0 Å². The van der Waals surface area contributed by atoms with Crippen LogP contribution in [0.4, 0.5) is 0 Å². The Labute approximate surface area is 173 Å². The maximum Gasteiger partial charge on any atom is 0.309 e. The van der Waals surface area contributed by atoms with Crippen LogP contribution in [0.1, 0.15) is 99.3 Å². The summed E-state index contributed by atoms with van der Waals surface area (Å²) in [5, 5.41) is 0. The van der Waals surface area contributed by atoms with E-state index in [0.29, 0.717) is 0 Å². The third kappa shape index (κ3) is 11.3. The summed E-state index contributed by atoms with van der Waals surface area (Å²) in [6, 6.07) is 0. The Morgan fingerprint density at radius 3 is 1.93 bits per heavy atom. The van der Waals surface area contributed by atoms with Crippen LogP contribution in [0.5, 0.6) is 0 Å². The lowest BCUT2D eigenvalue weighted by atomic mass is 10.0. The lowest BCUT2D eigenvalue weighted by molar-refractivity contribution is -0.151. The molecule has 1 fully saturated rings. The van der Waals surface area contributed by atoms with Crippen LogP contribution < -0.4 is 0 Å². The predicted octanol–water partition coefficient (Wildman–Crippen LogP) is 7.86. The van der Waals surface area contributed by atoms with Gasteiger partial charge in [0.2, 0.25) is 0 Å². The van der Waals surface area contributed by atoms with Crippen molar-refractivity contribution in [3.05, 3.63) is 46.6 Å². The summed E-state index contributed by atoms with van der Waals surface area (Å²) >= 11 is 0. The summed E-state index contributed by atoms with van der Waals surface area (Å²) in [7, 11) is 0. The Balaban J connectivity index is 2.71. The van der Waals surface area contributed by atoms with Crippen molar-refractivity contribution < 1.29 is 9.53 Å². The van der Waals surface area contributed by atoms with E-state index in [1.807, 2.05) is 0 Å². The molecule has 28 heavy (non-hydrogen) atoms. The third-order valence-corrected chi connectivity index (χ3v) is 5.31. The van der Waals surface area contributed by atoms with Gasteiger partial charge in [-0.2, -0.15) is 0 Å². The normalized spacial score (nSPS) is 16.6. The van der Waals surface area contributed by atoms with Crippen LogP contribution in [0.2, 0.25) is 0 Å². The van der Waals surface area contributed by atoms with E-state index in [1.165, 1.54) is 22.3 Å². The lowest BCUT2D eigenvalue weighted by Crippen LogP contribution is -2.21. The lowest BCUT2D eigenvalue weighted by Gasteiger charge is -2.17. The van der Waals surface area contributed by atoms with Crippen LogP contribution in [-0.4, -0.2) is 12.1 Å². The molecule has 0 radical (unpaired) electrons. The minimum absolute atomic E-state index is 0.00597. The molecule has 1 aliphatic carbocycles. The molecular weight excluding hydrogens is 344 g/mol. The molecule has 1 aliphatic rings. The van der Waals surface area contributed by atoms with Gasteiger partial charge in [-0.15, -0.1) is 0 Å². The van der Waals surface area contributed by atoms with Gasteiger partial charge >= 0.3 is 5.97 Å². The molecule has 0 aromatic rings. The van der Waals surface area contributed by atoms with E-state index >= 15 is 0 Å². The highest BCUT2D eigenvalue weighted by molar-refractivity contribution is 5.73. The summed E-state index contributed by atoms with van der Waals surface area (Å²) in [5.41, 5.74) is 5.39. The smallest absolute Gasteiger partial charge is 0.309 e. The minimum atomic E-state index is -0.141. The standard InChI is InChI=1S/C26H42O2/c1-20(2)11-9-13-22(5)17-18-25(19-23(6)14-10-12-21(3)4)28-26(27)24-15-7-8-16-24/h11-12,17,19,24-25H,7-10,13-16,18H2,1-6H3/b22-17+,23-19+. The van der Waals surface area contributed by atoms with Crippen molar-refractivity contribution in [2.75, 3.05) is 0 Å². The number of esters is 1. The van der Waals surface area contributed by atoms with Gasteiger partial charge in [0.1, 0.15) is 6.10 Å². The van der Waals surface area contributed by atoms with Crippen molar-refractivity contribution in [1.29, 1.82) is 0 Å². The number of carbonyl (C=O) groups excluding carboxylic acids is 1. The van der Waals surface area contributed by atoms with Crippen LogP contribution in [0, 0.1) is 5.92 Å². The van der Waals surface area contributed by atoms with Crippen molar-refractivity contribution in [3.8, 4) is 0 Å². The molecule has 2 heteroatoms. The van der Waals surface area contributed by atoms with Gasteiger partial charge < -0.3 is 4.74 Å². The second-order valence-corrected chi connectivity index (χ2v) is 8.90. The molecule has 1 saturated carbocycles. The second-order valence-electron chi connectivity index (χ2n) is 8.90. The molecule has 0 bridgehead atoms. The van der Waals surface area contributed by atoms with E-state index < -0.39 is 0 Å². The molecule has 0 aliphatic heterocycles. The predicted molar refractivity (Wildman–Crippen MR) is 121 cm³/mol. The molecule has 0 saturated heterocycles. The number of ether oxygens (including phenoxy) is 1. The van der Waals surface area contributed by atoms with E-state index in [1.54, 1.807) is 0 Å². The topological polar surface area (TPSA) is 26.3 Å². The van der Waals surface area contributed by atoms with Crippen molar-refractivity contribution in [3.63, 3.8) is 0 Å². The molecule has 0 N–H and O–H groups in total. The van der Waals surface area contributed by atoms with Crippen LogP contribution in [0.15, 0.2) is 46.6 Å². The zero-order chi connectivity index (χ0) is 20.9. The molecule has 1 rings (SSSR count). The first-order valence-electron chi connectivity index (χ1n) is 11.1. The average molecular weight is 387 g/mol.